The predicted octanol–water partition coefficient (Wildman–Crippen LogP) is 1.36. The average Bonchev–Trinajstić information content (AvgIpc) is 2.64. The van der Waals surface area contributed by atoms with E-state index in [1.54, 1.807) is 0 Å². The van der Waals surface area contributed by atoms with Gasteiger partial charge in [0.25, 0.3) is 0 Å². The first-order chi connectivity index (χ1) is 11.8. The molecule has 2 aromatic rings. The van der Waals surface area contributed by atoms with Gasteiger partial charge in [0.1, 0.15) is 0 Å². The molecule has 2 heterocycles. The number of benzene rings is 1. The molecule has 1 aromatic carbocycles. The van der Waals surface area contributed by atoms with Crippen molar-refractivity contribution in [2.24, 2.45) is 10.7 Å². The largest absolute Gasteiger partial charge is 0.379 e. The van der Waals surface area contributed by atoms with Crippen molar-refractivity contribution in [2.75, 3.05) is 39.4 Å². The molecule has 0 radical (unpaired) electrons. The molecule has 0 aliphatic carbocycles. The Morgan fingerprint density at radius 3 is 2.96 bits per heavy atom. The normalized spacial score (nSPS) is 16.4. The fraction of sp³-hybridized carbons (Fsp3) is 0.444. The quantitative estimate of drug-likeness (QED) is 0.476. The minimum absolute atomic E-state index is 0.491. The van der Waals surface area contributed by atoms with E-state index in [1.165, 1.54) is 0 Å². The zero-order chi connectivity index (χ0) is 16.6. The molecule has 6 heteroatoms. The highest BCUT2D eigenvalue weighted by Crippen LogP contribution is 2.16. The van der Waals surface area contributed by atoms with E-state index in [2.05, 4.69) is 32.3 Å². The van der Waals surface area contributed by atoms with Crippen LogP contribution in [0.25, 0.3) is 10.9 Å². The smallest absolute Gasteiger partial charge is 0.188 e. The number of rotatable bonds is 6. The number of hydrogen-bond acceptors (Lipinski definition) is 4. The van der Waals surface area contributed by atoms with E-state index >= 15 is 0 Å². The number of aliphatic imine (C=N–C) groups is 1. The van der Waals surface area contributed by atoms with Gasteiger partial charge in [-0.05, 0) is 24.6 Å². The van der Waals surface area contributed by atoms with Crippen LogP contribution in [0.4, 0.5) is 0 Å². The van der Waals surface area contributed by atoms with Crippen LogP contribution < -0.4 is 11.1 Å². The summed E-state index contributed by atoms with van der Waals surface area (Å²) in [6.45, 7) is 6.18. The van der Waals surface area contributed by atoms with Gasteiger partial charge in [-0.3, -0.25) is 9.88 Å². The number of nitrogens with one attached hydrogen (secondary N) is 1. The molecule has 1 aromatic heterocycles. The molecule has 3 N–H and O–H groups in total. The Hall–Kier alpha value is -2.18. The van der Waals surface area contributed by atoms with Crippen molar-refractivity contribution in [1.29, 1.82) is 0 Å². The first-order valence-corrected chi connectivity index (χ1v) is 8.49. The van der Waals surface area contributed by atoms with Crippen LogP contribution in [0, 0.1) is 0 Å². The van der Waals surface area contributed by atoms with Gasteiger partial charge in [0.15, 0.2) is 5.96 Å². The van der Waals surface area contributed by atoms with Crippen LogP contribution in [0.15, 0.2) is 41.5 Å². The maximum Gasteiger partial charge on any atom is 0.188 e. The molecule has 0 atom stereocenters. The van der Waals surface area contributed by atoms with Crippen LogP contribution >= 0.6 is 0 Å². The molecular formula is C18H25N5O. The van der Waals surface area contributed by atoms with Gasteiger partial charge in [0, 0.05) is 31.2 Å². The van der Waals surface area contributed by atoms with Crippen LogP contribution in [0.1, 0.15) is 12.0 Å². The summed E-state index contributed by atoms with van der Waals surface area (Å²) in [4.78, 5) is 11.3. The first-order valence-electron chi connectivity index (χ1n) is 8.49. The van der Waals surface area contributed by atoms with Gasteiger partial charge in [-0.15, -0.1) is 0 Å². The highest BCUT2D eigenvalue weighted by atomic mass is 16.5. The summed E-state index contributed by atoms with van der Waals surface area (Å²) in [6.07, 6.45) is 2.86. The molecule has 0 spiro atoms. The average molecular weight is 327 g/mol. The van der Waals surface area contributed by atoms with Crippen molar-refractivity contribution in [2.45, 2.75) is 13.0 Å². The molecule has 1 saturated heterocycles. The number of ether oxygens (including phenoxy) is 1. The predicted molar refractivity (Wildman–Crippen MR) is 96.9 cm³/mol. The first kappa shape index (κ1) is 16.7. The SMILES string of the molecule is NC(=NCc1cccc2cccnc12)NCCCN1CCOCC1. The Labute approximate surface area is 142 Å². The fourth-order valence-corrected chi connectivity index (χ4v) is 2.87. The summed E-state index contributed by atoms with van der Waals surface area (Å²) in [5, 5.41) is 4.32. The van der Waals surface area contributed by atoms with Gasteiger partial charge in [-0.1, -0.05) is 24.3 Å². The highest BCUT2D eigenvalue weighted by molar-refractivity contribution is 5.82. The van der Waals surface area contributed by atoms with E-state index in [4.69, 9.17) is 10.5 Å². The lowest BCUT2D eigenvalue weighted by Crippen LogP contribution is -2.39. The second-order valence-corrected chi connectivity index (χ2v) is 5.93. The number of nitrogens with zero attached hydrogens (tertiary/aromatic N) is 3. The molecule has 6 nitrogen and oxygen atoms in total. The minimum Gasteiger partial charge on any atom is -0.379 e. The van der Waals surface area contributed by atoms with Crippen LogP contribution in [0.5, 0.6) is 0 Å². The van der Waals surface area contributed by atoms with Crippen LogP contribution in [-0.4, -0.2) is 55.2 Å². The van der Waals surface area contributed by atoms with Gasteiger partial charge in [-0.25, -0.2) is 4.99 Å². The topological polar surface area (TPSA) is 75.8 Å². The molecule has 1 fully saturated rings. The van der Waals surface area contributed by atoms with Gasteiger partial charge in [-0.2, -0.15) is 0 Å². The van der Waals surface area contributed by atoms with Crippen LogP contribution in [0.3, 0.4) is 0 Å². The minimum atomic E-state index is 0.491. The van der Waals surface area contributed by atoms with E-state index in [1.807, 2.05) is 24.4 Å². The van der Waals surface area contributed by atoms with Gasteiger partial charge in [0.05, 0.1) is 25.3 Å². The maximum atomic E-state index is 5.97. The lowest BCUT2D eigenvalue weighted by molar-refractivity contribution is 0.0376. The van der Waals surface area contributed by atoms with Crippen molar-refractivity contribution in [3.8, 4) is 0 Å². The number of nitrogens with two attached hydrogens (primary N) is 1. The number of hydrogen-bond donors (Lipinski definition) is 2. The summed E-state index contributed by atoms with van der Waals surface area (Å²) < 4.78 is 5.35. The molecule has 1 aliphatic rings. The monoisotopic (exact) mass is 327 g/mol. The van der Waals surface area contributed by atoms with E-state index in [-0.39, 0.29) is 0 Å². The Morgan fingerprint density at radius 1 is 1.25 bits per heavy atom. The van der Waals surface area contributed by atoms with E-state index in [0.29, 0.717) is 12.5 Å². The Morgan fingerprint density at radius 2 is 2.08 bits per heavy atom. The number of fused-ring (bicyclic) bond motifs is 1. The number of guanidine groups is 1. The number of morpholine rings is 1. The molecule has 0 amide bonds. The Bertz CT molecular complexity index is 677. The van der Waals surface area contributed by atoms with E-state index in [0.717, 1.165) is 62.3 Å². The summed E-state index contributed by atoms with van der Waals surface area (Å²) in [6, 6.07) is 10.1. The van der Waals surface area contributed by atoms with E-state index in [9.17, 15) is 0 Å². The Balaban J connectivity index is 1.45. The summed E-state index contributed by atoms with van der Waals surface area (Å²) in [5.41, 5.74) is 8.05. The number of pyridine rings is 1. The van der Waals surface area contributed by atoms with Crippen molar-refractivity contribution < 1.29 is 4.74 Å². The standard InChI is InChI=1S/C18H25N5O/c19-18(21-8-3-9-23-10-12-24-13-11-23)22-14-16-5-1-4-15-6-2-7-20-17(15)16/h1-2,4-7H,3,8-14H2,(H3,19,21,22). The molecule has 1 aliphatic heterocycles. The maximum absolute atomic E-state index is 5.97. The van der Waals surface area contributed by atoms with Gasteiger partial charge in [0.2, 0.25) is 0 Å². The second-order valence-electron chi connectivity index (χ2n) is 5.93. The molecule has 0 bridgehead atoms. The third-order valence-electron chi connectivity index (χ3n) is 4.20. The third-order valence-corrected chi connectivity index (χ3v) is 4.20. The van der Waals surface area contributed by atoms with Crippen molar-refractivity contribution in [3.63, 3.8) is 0 Å². The summed E-state index contributed by atoms with van der Waals surface area (Å²) in [5.74, 6) is 0.491. The lowest BCUT2D eigenvalue weighted by Gasteiger charge is -2.26. The molecular weight excluding hydrogens is 302 g/mol. The van der Waals surface area contributed by atoms with Crippen LogP contribution in [0.2, 0.25) is 0 Å². The molecule has 128 valence electrons. The van der Waals surface area contributed by atoms with Crippen LogP contribution in [-0.2, 0) is 11.3 Å². The summed E-state index contributed by atoms with van der Waals surface area (Å²) >= 11 is 0. The summed E-state index contributed by atoms with van der Waals surface area (Å²) in [7, 11) is 0. The second kappa shape index (κ2) is 8.61. The lowest BCUT2D eigenvalue weighted by atomic mass is 10.1. The molecule has 0 unspecified atom stereocenters. The van der Waals surface area contributed by atoms with Crippen molar-refractivity contribution in [1.82, 2.24) is 15.2 Å². The fourth-order valence-electron chi connectivity index (χ4n) is 2.87. The van der Waals surface area contributed by atoms with E-state index < -0.39 is 0 Å². The number of aromatic nitrogens is 1. The van der Waals surface area contributed by atoms with Crippen molar-refractivity contribution in [3.05, 3.63) is 42.1 Å². The zero-order valence-electron chi connectivity index (χ0n) is 13.9. The van der Waals surface area contributed by atoms with Crippen molar-refractivity contribution >= 4 is 16.9 Å². The molecule has 24 heavy (non-hydrogen) atoms. The molecule has 3 rings (SSSR count). The molecule has 0 saturated carbocycles. The highest BCUT2D eigenvalue weighted by Gasteiger charge is 2.09. The zero-order valence-corrected chi connectivity index (χ0v) is 13.9. The van der Waals surface area contributed by atoms with Gasteiger partial charge >= 0.3 is 0 Å². The Kier molecular flexibility index (Phi) is 5.98. The van der Waals surface area contributed by atoms with Gasteiger partial charge < -0.3 is 15.8 Å². The number of para-hydroxylation sites is 1. The third kappa shape index (κ3) is 4.66.